The van der Waals surface area contributed by atoms with Crippen molar-refractivity contribution in [3.05, 3.63) is 29.6 Å². The summed E-state index contributed by atoms with van der Waals surface area (Å²) in [7, 11) is -3.66. The van der Waals surface area contributed by atoms with Crippen molar-refractivity contribution < 1.29 is 12.8 Å². The summed E-state index contributed by atoms with van der Waals surface area (Å²) in [5.74, 6) is -0.237. The molecule has 1 fully saturated rings. The molecule has 1 aliphatic heterocycles. The third-order valence-corrected chi connectivity index (χ3v) is 5.75. The van der Waals surface area contributed by atoms with Crippen LogP contribution in [0.5, 0.6) is 0 Å². The molecule has 0 saturated carbocycles. The Morgan fingerprint density at radius 3 is 2.74 bits per heavy atom. The molecule has 1 heterocycles. The highest BCUT2D eigenvalue weighted by molar-refractivity contribution is 7.89. The monoisotopic (exact) mass is 286 g/mol. The van der Waals surface area contributed by atoms with Crippen molar-refractivity contribution in [1.29, 1.82) is 0 Å². The van der Waals surface area contributed by atoms with Gasteiger partial charge in [0.1, 0.15) is 5.82 Å². The van der Waals surface area contributed by atoms with Crippen LogP contribution in [0.4, 0.5) is 4.39 Å². The number of benzene rings is 1. The van der Waals surface area contributed by atoms with Gasteiger partial charge < -0.3 is 5.73 Å². The topological polar surface area (TPSA) is 63.4 Å². The fourth-order valence-corrected chi connectivity index (χ4v) is 4.01. The molecule has 0 bridgehead atoms. The highest BCUT2D eigenvalue weighted by atomic mass is 32.2. The lowest BCUT2D eigenvalue weighted by atomic mass is 9.96. The molecule has 1 saturated heterocycles. The Labute approximate surface area is 113 Å². The number of sulfonamides is 1. The quantitative estimate of drug-likeness (QED) is 0.896. The highest BCUT2D eigenvalue weighted by Gasteiger charge is 2.32. The van der Waals surface area contributed by atoms with Crippen LogP contribution in [-0.2, 0) is 10.0 Å². The highest BCUT2D eigenvalue weighted by Crippen LogP contribution is 2.25. The zero-order valence-corrected chi connectivity index (χ0v) is 12.0. The SMILES string of the molecule is Cc1ccc(F)cc1S(=O)(=O)N1CCC(C)C(N)C1. The molecule has 2 unspecified atom stereocenters. The summed E-state index contributed by atoms with van der Waals surface area (Å²) >= 11 is 0. The summed E-state index contributed by atoms with van der Waals surface area (Å²) in [6, 6.07) is 3.65. The lowest BCUT2D eigenvalue weighted by Crippen LogP contribution is -2.49. The van der Waals surface area contributed by atoms with E-state index in [4.69, 9.17) is 5.73 Å². The Bertz CT molecular complexity index is 574. The number of nitrogens with zero attached hydrogens (tertiary/aromatic N) is 1. The molecular weight excluding hydrogens is 267 g/mol. The molecule has 1 aliphatic rings. The van der Waals surface area contributed by atoms with Gasteiger partial charge in [-0.05, 0) is 37.0 Å². The van der Waals surface area contributed by atoms with Gasteiger partial charge in [0.2, 0.25) is 10.0 Å². The van der Waals surface area contributed by atoms with E-state index in [1.165, 1.54) is 16.4 Å². The molecule has 4 nitrogen and oxygen atoms in total. The minimum absolute atomic E-state index is 0.0363. The molecule has 0 radical (unpaired) electrons. The van der Waals surface area contributed by atoms with E-state index in [1.54, 1.807) is 6.92 Å². The Morgan fingerprint density at radius 2 is 2.11 bits per heavy atom. The average molecular weight is 286 g/mol. The molecule has 1 aromatic rings. The van der Waals surface area contributed by atoms with Crippen molar-refractivity contribution in [2.45, 2.75) is 31.2 Å². The maximum atomic E-state index is 13.3. The molecule has 0 spiro atoms. The first kappa shape index (κ1) is 14.4. The maximum absolute atomic E-state index is 13.3. The van der Waals surface area contributed by atoms with Gasteiger partial charge in [0.05, 0.1) is 4.90 Å². The molecule has 106 valence electrons. The smallest absolute Gasteiger partial charge is 0.243 e. The Hall–Kier alpha value is -0.980. The fourth-order valence-electron chi connectivity index (χ4n) is 2.28. The number of nitrogens with two attached hydrogens (primary N) is 1. The van der Waals surface area contributed by atoms with Gasteiger partial charge in [0, 0.05) is 19.1 Å². The van der Waals surface area contributed by atoms with Gasteiger partial charge in [0.15, 0.2) is 0 Å². The van der Waals surface area contributed by atoms with Gasteiger partial charge in [-0.2, -0.15) is 4.31 Å². The van der Waals surface area contributed by atoms with Crippen molar-refractivity contribution in [2.24, 2.45) is 11.7 Å². The van der Waals surface area contributed by atoms with Gasteiger partial charge in [0.25, 0.3) is 0 Å². The molecule has 2 rings (SSSR count). The second-order valence-corrected chi connectivity index (χ2v) is 7.11. The van der Waals surface area contributed by atoms with E-state index in [1.807, 2.05) is 6.92 Å². The third-order valence-electron chi connectivity index (χ3n) is 3.75. The van der Waals surface area contributed by atoms with Gasteiger partial charge in [-0.15, -0.1) is 0 Å². The van der Waals surface area contributed by atoms with E-state index in [9.17, 15) is 12.8 Å². The summed E-state index contributed by atoms with van der Waals surface area (Å²) in [6.07, 6.45) is 0.731. The standard InChI is InChI=1S/C13H19FN2O2S/c1-9-5-6-16(8-12(9)15)19(17,18)13-7-11(14)4-3-10(13)2/h3-4,7,9,12H,5-6,8,15H2,1-2H3. The van der Waals surface area contributed by atoms with Crippen LogP contribution in [0.15, 0.2) is 23.1 Å². The van der Waals surface area contributed by atoms with Crippen molar-refractivity contribution in [3.8, 4) is 0 Å². The average Bonchev–Trinajstić information content (AvgIpc) is 2.35. The van der Waals surface area contributed by atoms with E-state index in [0.29, 0.717) is 24.6 Å². The van der Waals surface area contributed by atoms with Crippen LogP contribution in [0.2, 0.25) is 0 Å². The number of aryl methyl sites for hydroxylation is 1. The zero-order chi connectivity index (χ0) is 14.2. The number of hydrogen-bond acceptors (Lipinski definition) is 3. The number of piperidine rings is 1. The largest absolute Gasteiger partial charge is 0.326 e. The van der Waals surface area contributed by atoms with Crippen LogP contribution in [0.1, 0.15) is 18.9 Å². The van der Waals surface area contributed by atoms with E-state index in [0.717, 1.165) is 12.5 Å². The van der Waals surface area contributed by atoms with E-state index in [2.05, 4.69) is 0 Å². The molecule has 19 heavy (non-hydrogen) atoms. The molecule has 2 atom stereocenters. The van der Waals surface area contributed by atoms with Gasteiger partial charge >= 0.3 is 0 Å². The van der Waals surface area contributed by atoms with Crippen LogP contribution in [0.25, 0.3) is 0 Å². The Kier molecular flexibility index (Phi) is 3.94. The summed E-state index contributed by atoms with van der Waals surface area (Å²) in [5, 5.41) is 0. The minimum Gasteiger partial charge on any atom is -0.326 e. The fraction of sp³-hybridized carbons (Fsp3) is 0.538. The molecule has 0 amide bonds. The molecule has 0 aliphatic carbocycles. The van der Waals surface area contributed by atoms with Crippen molar-refractivity contribution in [3.63, 3.8) is 0 Å². The van der Waals surface area contributed by atoms with E-state index >= 15 is 0 Å². The second-order valence-electron chi connectivity index (χ2n) is 5.20. The molecule has 1 aromatic carbocycles. The minimum atomic E-state index is -3.66. The second kappa shape index (κ2) is 5.19. The van der Waals surface area contributed by atoms with Gasteiger partial charge in [-0.1, -0.05) is 13.0 Å². The van der Waals surface area contributed by atoms with Crippen molar-refractivity contribution >= 4 is 10.0 Å². The maximum Gasteiger partial charge on any atom is 0.243 e. The van der Waals surface area contributed by atoms with Crippen LogP contribution in [0, 0.1) is 18.7 Å². The Morgan fingerprint density at radius 1 is 1.42 bits per heavy atom. The summed E-state index contributed by atoms with van der Waals surface area (Å²) in [6.45, 7) is 4.41. The summed E-state index contributed by atoms with van der Waals surface area (Å²) < 4.78 is 39.7. The zero-order valence-electron chi connectivity index (χ0n) is 11.1. The number of rotatable bonds is 2. The van der Waals surface area contributed by atoms with Crippen LogP contribution < -0.4 is 5.73 Å². The lowest BCUT2D eigenvalue weighted by Gasteiger charge is -2.34. The molecule has 2 N–H and O–H groups in total. The molecule has 6 heteroatoms. The summed E-state index contributed by atoms with van der Waals surface area (Å²) in [4.78, 5) is 0.0363. The third kappa shape index (κ3) is 2.80. The summed E-state index contributed by atoms with van der Waals surface area (Å²) in [5.41, 5.74) is 6.48. The predicted molar refractivity (Wildman–Crippen MR) is 71.7 cm³/mol. The van der Waals surface area contributed by atoms with Crippen molar-refractivity contribution in [2.75, 3.05) is 13.1 Å². The van der Waals surface area contributed by atoms with Crippen LogP contribution in [0.3, 0.4) is 0 Å². The van der Waals surface area contributed by atoms with E-state index < -0.39 is 15.8 Å². The number of halogens is 1. The molecule has 0 aromatic heterocycles. The van der Waals surface area contributed by atoms with Gasteiger partial charge in [-0.3, -0.25) is 0 Å². The first-order chi connectivity index (χ1) is 8.82. The van der Waals surface area contributed by atoms with Crippen LogP contribution in [-0.4, -0.2) is 31.9 Å². The van der Waals surface area contributed by atoms with Gasteiger partial charge in [-0.25, -0.2) is 12.8 Å². The first-order valence-corrected chi connectivity index (χ1v) is 7.78. The number of hydrogen-bond donors (Lipinski definition) is 1. The van der Waals surface area contributed by atoms with Crippen LogP contribution >= 0.6 is 0 Å². The molecular formula is C13H19FN2O2S. The van der Waals surface area contributed by atoms with Crippen molar-refractivity contribution in [1.82, 2.24) is 4.31 Å². The lowest BCUT2D eigenvalue weighted by molar-refractivity contribution is 0.253. The van der Waals surface area contributed by atoms with E-state index in [-0.39, 0.29) is 10.9 Å². The Balaban J connectivity index is 2.35. The first-order valence-electron chi connectivity index (χ1n) is 6.34. The normalized spacial score (nSPS) is 25.5. The predicted octanol–water partition coefficient (Wildman–Crippen LogP) is 1.49.